The Hall–Kier alpha value is -0.250. The third-order valence-corrected chi connectivity index (χ3v) is 6.32. The molecular formula is C12H18Cl2N3OP. The van der Waals surface area contributed by atoms with E-state index in [4.69, 9.17) is 23.2 Å². The van der Waals surface area contributed by atoms with Crippen LogP contribution in [0.5, 0.6) is 0 Å². The molecule has 0 amide bonds. The topological polar surface area (TPSA) is 35.6 Å². The van der Waals surface area contributed by atoms with Crippen molar-refractivity contribution in [3.05, 3.63) is 30.3 Å². The normalized spacial score (nSPS) is 23.2. The Bertz CT molecular complexity index is 440. The average Bonchev–Trinajstić information content (AvgIpc) is 2.83. The molecule has 7 heteroatoms. The summed E-state index contributed by atoms with van der Waals surface area (Å²) in [5, 5.41) is 3.14. The first-order chi connectivity index (χ1) is 9.22. The largest absolute Gasteiger partial charge is 0.308 e. The van der Waals surface area contributed by atoms with E-state index in [1.165, 1.54) is 0 Å². The third-order valence-electron chi connectivity index (χ3n) is 3.09. The lowest BCUT2D eigenvalue weighted by atomic mass is 10.3. The SMILES string of the molecule is O=[P@@]1(N(CCCl)CCCl)NCCN1c1ccccc1. The molecule has 1 aromatic rings. The van der Waals surface area contributed by atoms with Crippen molar-refractivity contribution in [2.45, 2.75) is 0 Å². The highest BCUT2D eigenvalue weighted by Gasteiger charge is 2.40. The molecule has 1 aromatic carbocycles. The molecule has 0 radical (unpaired) electrons. The molecule has 1 aliphatic rings. The zero-order valence-electron chi connectivity index (χ0n) is 10.6. The zero-order chi connectivity index (χ0) is 13.7. The first-order valence-corrected chi connectivity index (χ1v) is 8.96. The van der Waals surface area contributed by atoms with E-state index in [1.807, 2.05) is 39.7 Å². The molecule has 1 saturated heterocycles. The second-order valence-electron chi connectivity index (χ2n) is 4.24. The molecule has 1 fully saturated rings. The van der Waals surface area contributed by atoms with Crippen molar-refractivity contribution < 1.29 is 4.57 Å². The van der Waals surface area contributed by atoms with Crippen LogP contribution in [0.1, 0.15) is 0 Å². The molecular weight excluding hydrogens is 304 g/mol. The predicted molar refractivity (Wildman–Crippen MR) is 82.4 cm³/mol. The number of nitrogens with zero attached hydrogens (tertiary/aromatic N) is 2. The van der Waals surface area contributed by atoms with Crippen molar-refractivity contribution in [2.75, 3.05) is 42.6 Å². The van der Waals surface area contributed by atoms with Gasteiger partial charge in [0.25, 0.3) is 0 Å². The number of hydrogen-bond donors (Lipinski definition) is 1. The summed E-state index contributed by atoms with van der Waals surface area (Å²) < 4.78 is 17.1. The van der Waals surface area contributed by atoms with Crippen LogP contribution in [-0.2, 0) is 4.57 Å². The Balaban J connectivity index is 2.26. The van der Waals surface area contributed by atoms with E-state index in [2.05, 4.69) is 5.09 Å². The second kappa shape index (κ2) is 6.96. The van der Waals surface area contributed by atoms with E-state index >= 15 is 0 Å². The van der Waals surface area contributed by atoms with E-state index in [-0.39, 0.29) is 0 Å². The number of benzene rings is 1. The van der Waals surface area contributed by atoms with Gasteiger partial charge in [-0.05, 0) is 12.1 Å². The second-order valence-corrected chi connectivity index (χ2v) is 7.45. The standard InChI is InChI=1S/C12H18Cl2N3OP/c13-6-9-16(10-7-14)19(18)15-8-11-17(19)12-4-2-1-3-5-12/h1-5H,6-11H2,(H,15,18)/t19-/m1/s1. The molecule has 0 spiro atoms. The van der Waals surface area contributed by atoms with E-state index < -0.39 is 7.59 Å². The summed E-state index contributed by atoms with van der Waals surface area (Å²) in [6.45, 7) is 2.54. The molecule has 1 atom stereocenters. The lowest BCUT2D eigenvalue weighted by Crippen LogP contribution is -2.34. The lowest BCUT2D eigenvalue weighted by molar-refractivity contribution is 0.441. The van der Waals surface area contributed by atoms with Gasteiger partial charge in [0, 0.05) is 43.6 Å². The Morgan fingerprint density at radius 1 is 1.21 bits per heavy atom. The number of nitrogens with one attached hydrogen (secondary N) is 1. The van der Waals surface area contributed by atoms with Gasteiger partial charge in [-0.2, -0.15) is 0 Å². The maximum Gasteiger partial charge on any atom is 0.308 e. The number of anilines is 1. The van der Waals surface area contributed by atoms with E-state index in [0.29, 0.717) is 31.4 Å². The van der Waals surface area contributed by atoms with Crippen molar-refractivity contribution in [3.63, 3.8) is 0 Å². The summed E-state index contributed by atoms with van der Waals surface area (Å²) in [4.78, 5) is 0. The molecule has 1 heterocycles. The molecule has 0 unspecified atom stereocenters. The molecule has 19 heavy (non-hydrogen) atoms. The van der Waals surface area contributed by atoms with Crippen LogP contribution in [0, 0.1) is 0 Å². The first-order valence-electron chi connectivity index (χ1n) is 6.28. The van der Waals surface area contributed by atoms with Gasteiger partial charge >= 0.3 is 7.59 Å². The van der Waals surface area contributed by atoms with Crippen molar-refractivity contribution in [2.24, 2.45) is 0 Å². The van der Waals surface area contributed by atoms with Gasteiger partial charge in [0.15, 0.2) is 0 Å². The van der Waals surface area contributed by atoms with Crippen molar-refractivity contribution in [1.29, 1.82) is 0 Å². The molecule has 0 aromatic heterocycles. The molecule has 1 aliphatic heterocycles. The van der Waals surface area contributed by atoms with E-state index in [0.717, 1.165) is 12.2 Å². The highest BCUT2D eigenvalue weighted by molar-refractivity contribution is 7.61. The van der Waals surface area contributed by atoms with Gasteiger partial charge < -0.3 is 0 Å². The van der Waals surface area contributed by atoms with E-state index in [1.54, 1.807) is 0 Å². The minimum absolute atomic E-state index is 0.436. The maximum absolute atomic E-state index is 13.2. The predicted octanol–water partition coefficient (Wildman–Crippen LogP) is 2.98. The fourth-order valence-electron chi connectivity index (χ4n) is 2.24. The zero-order valence-corrected chi connectivity index (χ0v) is 13.0. The van der Waals surface area contributed by atoms with Gasteiger partial charge in [-0.15, -0.1) is 23.2 Å². The summed E-state index contributed by atoms with van der Waals surface area (Å²) in [5.74, 6) is 0.871. The summed E-state index contributed by atoms with van der Waals surface area (Å²) in [7, 11) is -2.80. The lowest BCUT2D eigenvalue weighted by Gasteiger charge is -2.34. The van der Waals surface area contributed by atoms with Gasteiger partial charge in [0.05, 0.1) is 0 Å². The summed E-state index contributed by atoms with van der Waals surface area (Å²) in [6.07, 6.45) is 0. The average molecular weight is 322 g/mol. The first kappa shape index (κ1) is 15.1. The number of rotatable bonds is 6. The van der Waals surface area contributed by atoms with Crippen LogP contribution in [0.4, 0.5) is 5.69 Å². The number of halogens is 2. The van der Waals surface area contributed by atoms with Crippen molar-refractivity contribution in [3.8, 4) is 0 Å². The van der Waals surface area contributed by atoms with Crippen molar-refractivity contribution in [1.82, 2.24) is 9.76 Å². The number of alkyl halides is 2. The van der Waals surface area contributed by atoms with Gasteiger partial charge in [-0.25, -0.2) is 9.76 Å². The molecule has 0 saturated carbocycles. The summed E-state index contributed by atoms with van der Waals surface area (Å²) in [6, 6.07) is 9.79. The van der Waals surface area contributed by atoms with Gasteiger partial charge in [0.2, 0.25) is 0 Å². The van der Waals surface area contributed by atoms with Crippen LogP contribution in [0.25, 0.3) is 0 Å². The quantitative estimate of drug-likeness (QED) is 0.645. The monoisotopic (exact) mass is 321 g/mol. The highest BCUT2D eigenvalue weighted by atomic mass is 35.5. The van der Waals surface area contributed by atoms with Crippen molar-refractivity contribution >= 4 is 36.5 Å². The van der Waals surface area contributed by atoms with Crippen LogP contribution < -0.4 is 9.76 Å². The minimum Gasteiger partial charge on any atom is -0.298 e. The van der Waals surface area contributed by atoms with Gasteiger partial charge in [0.1, 0.15) is 0 Å². The molecule has 0 aliphatic carbocycles. The summed E-state index contributed by atoms with van der Waals surface area (Å²) >= 11 is 11.6. The molecule has 0 bridgehead atoms. The Morgan fingerprint density at radius 3 is 2.42 bits per heavy atom. The van der Waals surface area contributed by atoms with Crippen LogP contribution in [0.2, 0.25) is 0 Å². The van der Waals surface area contributed by atoms with Crippen LogP contribution >= 0.6 is 30.8 Å². The fourth-order valence-corrected chi connectivity index (χ4v) is 5.51. The van der Waals surface area contributed by atoms with Crippen LogP contribution in [-0.4, -0.2) is 42.6 Å². The Kier molecular flexibility index (Phi) is 5.55. The van der Waals surface area contributed by atoms with E-state index in [9.17, 15) is 4.57 Å². The molecule has 4 nitrogen and oxygen atoms in total. The third kappa shape index (κ3) is 3.26. The number of para-hydroxylation sites is 1. The van der Waals surface area contributed by atoms with Gasteiger partial charge in [-0.3, -0.25) is 9.24 Å². The fraction of sp³-hybridized carbons (Fsp3) is 0.500. The smallest absolute Gasteiger partial charge is 0.298 e. The minimum atomic E-state index is -2.80. The van der Waals surface area contributed by atoms with Crippen LogP contribution in [0.15, 0.2) is 30.3 Å². The molecule has 106 valence electrons. The molecule has 2 rings (SSSR count). The maximum atomic E-state index is 13.2. The van der Waals surface area contributed by atoms with Crippen LogP contribution in [0.3, 0.4) is 0 Å². The summed E-state index contributed by atoms with van der Waals surface area (Å²) in [5.41, 5.74) is 0.963. The van der Waals surface area contributed by atoms with Gasteiger partial charge in [-0.1, -0.05) is 18.2 Å². The Morgan fingerprint density at radius 2 is 1.84 bits per heavy atom. The molecule has 1 N–H and O–H groups in total. The number of hydrogen-bond acceptors (Lipinski definition) is 1. The Labute approximate surface area is 124 Å². The highest BCUT2D eigenvalue weighted by Crippen LogP contribution is 2.53.